The summed E-state index contributed by atoms with van der Waals surface area (Å²) in [4.78, 5) is 14.1. The van der Waals surface area contributed by atoms with Gasteiger partial charge in [0.05, 0.1) is 13.7 Å². The van der Waals surface area contributed by atoms with Gasteiger partial charge in [-0.05, 0) is 44.7 Å². The molecular formula is C15H25N3O2. The number of hydrogen-bond acceptors (Lipinski definition) is 4. The van der Waals surface area contributed by atoms with E-state index in [1.54, 1.807) is 7.11 Å². The largest absolute Gasteiger partial charge is 0.497 e. The Kier molecular flexibility index (Phi) is 5.98. The average Bonchev–Trinajstić information content (AvgIpc) is 2.45. The van der Waals surface area contributed by atoms with E-state index in [4.69, 9.17) is 10.5 Å². The Morgan fingerprint density at radius 1 is 1.35 bits per heavy atom. The maximum Gasteiger partial charge on any atom is 0.238 e. The number of ether oxygens (including phenoxy) is 1. The third-order valence-corrected chi connectivity index (χ3v) is 3.45. The van der Waals surface area contributed by atoms with E-state index in [9.17, 15) is 4.79 Å². The van der Waals surface area contributed by atoms with Crippen LogP contribution in [0.15, 0.2) is 24.3 Å². The third-order valence-electron chi connectivity index (χ3n) is 3.45. The normalized spacial score (nSPS) is 11.5. The molecule has 1 aromatic rings. The SMILES string of the molecule is CCN(CC(=O)Nc1ccc(OC)cc1)C(C)(C)CN. The molecule has 0 unspecified atom stereocenters. The van der Waals surface area contributed by atoms with Gasteiger partial charge in [-0.3, -0.25) is 9.69 Å². The molecule has 0 radical (unpaired) electrons. The van der Waals surface area contributed by atoms with Gasteiger partial charge in [0.1, 0.15) is 5.75 Å². The van der Waals surface area contributed by atoms with Crippen molar-refractivity contribution in [2.24, 2.45) is 5.73 Å². The molecule has 0 heterocycles. The maximum atomic E-state index is 12.1. The number of hydrogen-bond donors (Lipinski definition) is 2. The lowest BCUT2D eigenvalue weighted by Gasteiger charge is -2.36. The minimum Gasteiger partial charge on any atom is -0.497 e. The van der Waals surface area contributed by atoms with E-state index < -0.39 is 0 Å². The Morgan fingerprint density at radius 3 is 2.40 bits per heavy atom. The first-order valence-corrected chi connectivity index (χ1v) is 6.82. The van der Waals surface area contributed by atoms with Gasteiger partial charge < -0.3 is 15.8 Å². The molecule has 1 aromatic carbocycles. The number of nitrogens with two attached hydrogens (primary N) is 1. The van der Waals surface area contributed by atoms with Crippen LogP contribution < -0.4 is 15.8 Å². The van der Waals surface area contributed by atoms with Crippen LogP contribution in [0.25, 0.3) is 0 Å². The molecule has 5 nitrogen and oxygen atoms in total. The van der Waals surface area contributed by atoms with Gasteiger partial charge in [-0.15, -0.1) is 0 Å². The summed E-state index contributed by atoms with van der Waals surface area (Å²) in [6, 6.07) is 7.27. The number of rotatable bonds is 7. The van der Waals surface area contributed by atoms with Gasteiger partial charge in [0.2, 0.25) is 5.91 Å². The van der Waals surface area contributed by atoms with Crippen molar-refractivity contribution in [3.63, 3.8) is 0 Å². The summed E-state index contributed by atoms with van der Waals surface area (Å²) < 4.78 is 5.08. The van der Waals surface area contributed by atoms with Crippen molar-refractivity contribution in [2.75, 3.05) is 32.1 Å². The molecule has 0 saturated heterocycles. The van der Waals surface area contributed by atoms with Crippen LogP contribution in [0.1, 0.15) is 20.8 Å². The molecule has 0 aromatic heterocycles. The van der Waals surface area contributed by atoms with E-state index in [-0.39, 0.29) is 11.4 Å². The topological polar surface area (TPSA) is 67.6 Å². The molecule has 0 aliphatic rings. The fraction of sp³-hybridized carbons (Fsp3) is 0.533. The fourth-order valence-corrected chi connectivity index (χ4v) is 1.93. The van der Waals surface area contributed by atoms with Crippen LogP contribution in [0.2, 0.25) is 0 Å². The average molecular weight is 279 g/mol. The number of amides is 1. The number of carbonyl (C=O) groups excluding carboxylic acids is 1. The smallest absolute Gasteiger partial charge is 0.238 e. The highest BCUT2D eigenvalue weighted by Gasteiger charge is 2.25. The van der Waals surface area contributed by atoms with E-state index in [2.05, 4.69) is 10.2 Å². The van der Waals surface area contributed by atoms with Crippen molar-refractivity contribution in [1.82, 2.24) is 4.90 Å². The highest BCUT2D eigenvalue weighted by Crippen LogP contribution is 2.16. The van der Waals surface area contributed by atoms with Gasteiger partial charge in [-0.25, -0.2) is 0 Å². The van der Waals surface area contributed by atoms with Gasteiger partial charge in [0, 0.05) is 17.8 Å². The molecule has 0 bridgehead atoms. The van der Waals surface area contributed by atoms with Crippen LogP contribution >= 0.6 is 0 Å². The van der Waals surface area contributed by atoms with Crippen LogP contribution in [0.5, 0.6) is 5.75 Å². The Morgan fingerprint density at radius 2 is 1.95 bits per heavy atom. The standard InChI is InChI=1S/C15H25N3O2/c1-5-18(15(2,3)11-16)10-14(19)17-12-6-8-13(20-4)9-7-12/h6-9H,5,10-11,16H2,1-4H3,(H,17,19). The molecule has 0 fully saturated rings. The molecule has 0 aliphatic carbocycles. The maximum absolute atomic E-state index is 12.1. The monoisotopic (exact) mass is 279 g/mol. The number of likely N-dealkylation sites (N-methyl/N-ethyl adjacent to an activating group) is 1. The molecule has 20 heavy (non-hydrogen) atoms. The van der Waals surface area contributed by atoms with Crippen LogP contribution in [0.4, 0.5) is 5.69 Å². The zero-order chi connectivity index (χ0) is 15.2. The number of nitrogens with zero attached hydrogens (tertiary/aromatic N) is 1. The minimum atomic E-state index is -0.188. The summed E-state index contributed by atoms with van der Waals surface area (Å²) in [6.45, 7) is 7.72. The lowest BCUT2D eigenvalue weighted by molar-refractivity contribution is -0.118. The van der Waals surface area contributed by atoms with Gasteiger partial charge in [-0.2, -0.15) is 0 Å². The highest BCUT2D eigenvalue weighted by atomic mass is 16.5. The van der Waals surface area contributed by atoms with Gasteiger partial charge >= 0.3 is 0 Å². The third kappa shape index (κ3) is 4.51. The second-order valence-electron chi connectivity index (χ2n) is 5.31. The summed E-state index contributed by atoms with van der Waals surface area (Å²) in [5.41, 5.74) is 6.33. The first-order valence-electron chi connectivity index (χ1n) is 6.82. The van der Waals surface area contributed by atoms with Crippen LogP contribution in [0, 0.1) is 0 Å². The van der Waals surface area contributed by atoms with Crippen molar-refractivity contribution in [1.29, 1.82) is 0 Å². The molecule has 0 aliphatic heterocycles. The van der Waals surface area contributed by atoms with Crippen molar-refractivity contribution >= 4 is 11.6 Å². The Bertz CT molecular complexity index is 429. The van der Waals surface area contributed by atoms with E-state index in [1.807, 2.05) is 45.0 Å². The van der Waals surface area contributed by atoms with Gasteiger partial charge in [0.25, 0.3) is 0 Å². The molecule has 3 N–H and O–H groups in total. The molecule has 0 atom stereocenters. The molecule has 1 rings (SSSR count). The van der Waals surface area contributed by atoms with Crippen molar-refractivity contribution in [3.05, 3.63) is 24.3 Å². The van der Waals surface area contributed by atoms with Crippen molar-refractivity contribution in [3.8, 4) is 5.75 Å². The zero-order valence-corrected chi connectivity index (χ0v) is 12.8. The summed E-state index contributed by atoms with van der Waals surface area (Å²) in [5.74, 6) is 0.723. The highest BCUT2D eigenvalue weighted by molar-refractivity contribution is 5.92. The molecule has 5 heteroatoms. The lowest BCUT2D eigenvalue weighted by Crippen LogP contribution is -2.51. The Labute approximate surface area is 121 Å². The lowest BCUT2D eigenvalue weighted by atomic mass is 10.0. The predicted molar refractivity (Wildman–Crippen MR) is 82.0 cm³/mol. The molecule has 1 amide bonds. The van der Waals surface area contributed by atoms with E-state index in [1.165, 1.54) is 0 Å². The molecule has 112 valence electrons. The van der Waals surface area contributed by atoms with E-state index in [0.717, 1.165) is 18.0 Å². The Balaban J connectivity index is 2.61. The van der Waals surface area contributed by atoms with Gasteiger partial charge in [0.15, 0.2) is 0 Å². The first-order chi connectivity index (χ1) is 9.42. The second kappa shape index (κ2) is 7.26. The summed E-state index contributed by atoms with van der Waals surface area (Å²) >= 11 is 0. The summed E-state index contributed by atoms with van der Waals surface area (Å²) in [5, 5.41) is 2.88. The molecule has 0 spiro atoms. The number of anilines is 1. The minimum absolute atomic E-state index is 0.0430. The number of nitrogens with one attached hydrogen (secondary N) is 1. The number of benzene rings is 1. The quantitative estimate of drug-likeness (QED) is 0.797. The first kappa shape index (κ1) is 16.5. The number of methoxy groups -OCH3 is 1. The summed E-state index contributed by atoms with van der Waals surface area (Å²) in [6.07, 6.45) is 0. The zero-order valence-electron chi connectivity index (χ0n) is 12.8. The summed E-state index contributed by atoms with van der Waals surface area (Å²) in [7, 11) is 1.61. The van der Waals surface area contributed by atoms with Crippen molar-refractivity contribution in [2.45, 2.75) is 26.3 Å². The number of carbonyl (C=O) groups is 1. The van der Waals surface area contributed by atoms with E-state index in [0.29, 0.717) is 13.1 Å². The van der Waals surface area contributed by atoms with Crippen LogP contribution in [-0.2, 0) is 4.79 Å². The van der Waals surface area contributed by atoms with Gasteiger partial charge in [-0.1, -0.05) is 6.92 Å². The van der Waals surface area contributed by atoms with E-state index >= 15 is 0 Å². The fourth-order valence-electron chi connectivity index (χ4n) is 1.93. The predicted octanol–water partition coefficient (Wildman–Crippen LogP) is 1.69. The van der Waals surface area contributed by atoms with Crippen LogP contribution in [-0.4, -0.2) is 43.1 Å². The van der Waals surface area contributed by atoms with Crippen molar-refractivity contribution < 1.29 is 9.53 Å². The molecule has 0 saturated carbocycles. The molecular weight excluding hydrogens is 254 g/mol. The Hall–Kier alpha value is -1.59. The second-order valence-corrected chi connectivity index (χ2v) is 5.31. The van der Waals surface area contributed by atoms with Crippen LogP contribution in [0.3, 0.4) is 0 Å².